The maximum Gasteiger partial charge on any atom is 0.264 e. The molecule has 0 spiro atoms. The quantitative estimate of drug-likeness (QED) is 0.191. The highest BCUT2D eigenvalue weighted by Crippen LogP contribution is 2.28. The summed E-state index contributed by atoms with van der Waals surface area (Å²) in [5, 5.41) is 2.63. The first-order valence-corrected chi connectivity index (χ1v) is 16.1. The van der Waals surface area contributed by atoms with Crippen LogP contribution in [0.1, 0.15) is 30.0 Å². The molecule has 0 aromatic heterocycles. The lowest BCUT2D eigenvalue weighted by Crippen LogP contribution is -2.53. The Balaban J connectivity index is 1.81. The largest absolute Gasteiger partial charge is 0.354 e. The van der Waals surface area contributed by atoms with Gasteiger partial charge in [-0.15, -0.1) is 0 Å². The summed E-state index contributed by atoms with van der Waals surface area (Å²) in [5.41, 5.74) is 2.58. The third kappa shape index (κ3) is 8.03. The normalized spacial score (nSPS) is 11.9. The molecule has 1 atom stereocenters. The van der Waals surface area contributed by atoms with Crippen molar-refractivity contribution in [3.8, 4) is 0 Å². The first-order valence-electron chi connectivity index (χ1n) is 14.3. The zero-order valence-corrected chi connectivity index (χ0v) is 26.2. The fourth-order valence-electron chi connectivity index (χ4n) is 4.78. The second-order valence-corrected chi connectivity index (χ2v) is 12.6. The number of amides is 2. The van der Waals surface area contributed by atoms with Gasteiger partial charge in [0.2, 0.25) is 11.8 Å². The van der Waals surface area contributed by atoms with E-state index in [0.717, 1.165) is 27.1 Å². The molecule has 0 aliphatic rings. The van der Waals surface area contributed by atoms with Crippen molar-refractivity contribution in [1.82, 2.24) is 10.2 Å². The number of benzene rings is 4. The minimum atomic E-state index is -4.31. The molecular weight excluding hydrogens is 601 g/mol. The fourth-order valence-corrected chi connectivity index (χ4v) is 6.38. The van der Waals surface area contributed by atoms with Crippen molar-refractivity contribution in [2.75, 3.05) is 17.4 Å². The smallest absolute Gasteiger partial charge is 0.264 e. The van der Waals surface area contributed by atoms with Crippen LogP contribution in [0.25, 0.3) is 0 Å². The third-order valence-electron chi connectivity index (χ3n) is 7.22. The Kier molecular flexibility index (Phi) is 11.1. The topological polar surface area (TPSA) is 86.8 Å². The van der Waals surface area contributed by atoms with E-state index >= 15 is 0 Å². The van der Waals surface area contributed by atoms with Gasteiger partial charge in [-0.05, 0) is 60.4 Å². The Hall–Kier alpha value is -4.21. The van der Waals surface area contributed by atoms with Crippen molar-refractivity contribution in [1.29, 1.82) is 0 Å². The van der Waals surface area contributed by atoms with E-state index in [1.807, 2.05) is 68.4 Å². The average Bonchev–Trinajstić information content (AvgIpc) is 3.03. The van der Waals surface area contributed by atoms with Gasteiger partial charge < -0.3 is 10.2 Å². The van der Waals surface area contributed by atoms with Gasteiger partial charge in [0.05, 0.1) is 15.6 Å². The van der Waals surface area contributed by atoms with Crippen molar-refractivity contribution in [3.63, 3.8) is 0 Å². The average molecular weight is 636 g/mol. The monoisotopic (exact) mass is 635 g/mol. The highest BCUT2D eigenvalue weighted by atomic mass is 35.5. The van der Waals surface area contributed by atoms with E-state index in [0.29, 0.717) is 13.0 Å². The molecule has 1 N–H and O–H groups in total. The summed E-state index contributed by atoms with van der Waals surface area (Å²) in [6.07, 6.45) is 0.909. The molecule has 2 amide bonds. The third-order valence-corrected chi connectivity index (χ3v) is 9.30. The Labute approximate surface area is 263 Å². The summed E-state index contributed by atoms with van der Waals surface area (Å²) in [5.74, 6) is -1.68. The minimum Gasteiger partial charge on any atom is -0.354 e. The van der Waals surface area contributed by atoms with Gasteiger partial charge in [-0.1, -0.05) is 91.3 Å². The minimum absolute atomic E-state index is 0.0134. The van der Waals surface area contributed by atoms with E-state index < -0.39 is 34.3 Å². The molecule has 0 saturated heterocycles. The summed E-state index contributed by atoms with van der Waals surface area (Å²) < 4.78 is 43.0. The van der Waals surface area contributed by atoms with Crippen LogP contribution in [-0.2, 0) is 32.6 Å². The Morgan fingerprint density at radius 2 is 1.55 bits per heavy atom. The lowest BCUT2D eigenvalue weighted by Gasteiger charge is -2.34. The van der Waals surface area contributed by atoms with E-state index in [1.165, 1.54) is 29.2 Å². The van der Waals surface area contributed by atoms with Crippen LogP contribution in [0.3, 0.4) is 0 Å². The lowest BCUT2D eigenvalue weighted by atomic mass is 10.0. The molecule has 10 heteroatoms. The number of sulfonamides is 1. The van der Waals surface area contributed by atoms with E-state index in [2.05, 4.69) is 5.32 Å². The van der Waals surface area contributed by atoms with Crippen LogP contribution >= 0.6 is 11.6 Å². The number of nitrogens with one attached hydrogen (secondary N) is 1. The number of aryl methyl sites for hydroxylation is 1. The number of hydrogen-bond donors (Lipinski definition) is 1. The molecule has 230 valence electrons. The summed E-state index contributed by atoms with van der Waals surface area (Å²) >= 11 is 6.06. The van der Waals surface area contributed by atoms with Crippen molar-refractivity contribution < 1.29 is 22.4 Å². The number of carbonyl (C=O) groups excluding carboxylic acids is 2. The zero-order valence-electron chi connectivity index (χ0n) is 24.6. The molecule has 0 bridgehead atoms. The summed E-state index contributed by atoms with van der Waals surface area (Å²) in [6.45, 7) is 3.67. The summed E-state index contributed by atoms with van der Waals surface area (Å²) in [6, 6.07) is 27.0. The van der Waals surface area contributed by atoms with Crippen LogP contribution in [0.5, 0.6) is 0 Å². The summed E-state index contributed by atoms with van der Waals surface area (Å²) in [4.78, 5) is 29.5. The standard InChI is InChI=1S/C34H35ClFN3O4S/c1-3-20-37-34(41)32(21-26-13-6-4-7-14-26)38(23-27-15-11-10-12-25(27)2)33(40)24-39(28-18-19-31(36)30(35)22-28)44(42,43)29-16-8-5-9-17-29/h4-19,22,32H,3,20-21,23-24H2,1-2H3,(H,37,41)/t32-/m1/s1. The molecule has 4 aromatic rings. The van der Waals surface area contributed by atoms with Gasteiger partial charge in [-0.2, -0.15) is 0 Å². The van der Waals surface area contributed by atoms with Crippen LogP contribution in [0.15, 0.2) is 108 Å². The van der Waals surface area contributed by atoms with Gasteiger partial charge >= 0.3 is 0 Å². The molecule has 44 heavy (non-hydrogen) atoms. The highest BCUT2D eigenvalue weighted by molar-refractivity contribution is 7.92. The van der Waals surface area contributed by atoms with Crippen LogP contribution in [-0.4, -0.2) is 44.3 Å². The van der Waals surface area contributed by atoms with Crippen LogP contribution < -0.4 is 9.62 Å². The molecule has 4 aromatic carbocycles. The summed E-state index contributed by atoms with van der Waals surface area (Å²) in [7, 11) is -4.31. The molecule has 0 heterocycles. The number of rotatable bonds is 13. The predicted octanol–water partition coefficient (Wildman–Crippen LogP) is 6.15. The molecule has 0 saturated carbocycles. The lowest BCUT2D eigenvalue weighted by molar-refractivity contribution is -0.140. The van der Waals surface area contributed by atoms with Gasteiger partial charge in [0.25, 0.3) is 10.0 Å². The van der Waals surface area contributed by atoms with E-state index in [9.17, 15) is 22.4 Å². The van der Waals surface area contributed by atoms with E-state index in [4.69, 9.17) is 11.6 Å². The Bertz CT molecular complexity index is 1690. The number of nitrogens with zero attached hydrogens (tertiary/aromatic N) is 2. The predicted molar refractivity (Wildman–Crippen MR) is 171 cm³/mol. The van der Waals surface area contributed by atoms with Crippen molar-refractivity contribution >= 4 is 39.1 Å². The molecule has 0 fully saturated rings. The number of anilines is 1. The maximum atomic E-state index is 14.4. The van der Waals surface area contributed by atoms with Gasteiger partial charge in [0.1, 0.15) is 18.4 Å². The first kappa shape index (κ1) is 32.7. The maximum absolute atomic E-state index is 14.4. The van der Waals surface area contributed by atoms with Gasteiger partial charge in [0, 0.05) is 19.5 Å². The molecule has 0 aliphatic heterocycles. The molecule has 0 unspecified atom stereocenters. The highest BCUT2D eigenvalue weighted by Gasteiger charge is 2.35. The number of halogens is 2. The molecule has 4 rings (SSSR count). The number of hydrogen-bond acceptors (Lipinski definition) is 4. The van der Waals surface area contributed by atoms with Crippen molar-refractivity contribution in [3.05, 3.63) is 131 Å². The SMILES string of the molecule is CCCNC(=O)[C@@H](Cc1ccccc1)N(Cc1ccccc1C)C(=O)CN(c1ccc(F)c(Cl)c1)S(=O)(=O)c1ccccc1. The Morgan fingerprint density at radius 3 is 2.18 bits per heavy atom. The fraction of sp³-hybridized carbons (Fsp3) is 0.235. The van der Waals surface area contributed by atoms with Crippen LogP contribution in [0, 0.1) is 12.7 Å². The van der Waals surface area contributed by atoms with E-state index in [1.54, 1.807) is 18.2 Å². The molecule has 0 aliphatic carbocycles. The van der Waals surface area contributed by atoms with Gasteiger partial charge in [-0.3, -0.25) is 13.9 Å². The van der Waals surface area contributed by atoms with Crippen molar-refractivity contribution in [2.24, 2.45) is 0 Å². The second kappa shape index (κ2) is 15.0. The number of carbonyl (C=O) groups is 2. The molecular formula is C34H35ClFN3O4S. The zero-order chi connectivity index (χ0) is 31.7. The van der Waals surface area contributed by atoms with Crippen LogP contribution in [0.4, 0.5) is 10.1 Å². The second-order valence-electron chi connectivity index (χ2n) is 10.4. The van der Waals surface area contributed by atoms with Crippen LogP contribution in [0.2, 0.25) is 5.02 Å². The van der Waals surface area contributed by atoms with Gasteiger partial charge in [0.15, 0.2) is 0 Å². The molecule has 7 nitrogen and oxygen atoms in total. The first-order chi connectivity index (χ1) is 21.1. The Morgan fingerprint density at radius 1 is 0.909 bits per heavy atom. The van der Waals surface area contributed by atoms with E-state index in [-0.39, 0.29) is 34.5 Å². The molecule has 0 radical (unpaired) electrons. The van der Waals surface area contributed by atoms with Gasteiger partial charge in [-0.25, -0.2) is 12.8 Å². The van der Waals surface area contributed by atoms with Crippen molar-refractivity contribution in [2.45, 2.75) is 44.2 Å².